The zero-order valence-electron chi connectivity index (χ0n) is 19.4. The van der Waals surface area contributed by atoms with Gasteiger partial charge in [0.25, 0.3) is 0 Å². The highest BCUT2D eigenvalue weighted by Gasteiger charge is 2.40. The molecule has 4 nitrogen and oxygen atoms in total. The third-order valence-electron chi connectivity index (χ3n) is 5.99. The van der Waals surface area contributed by atoms with Gasteiger partial charge in [0, 0.05) is 17.1 Å². The van der Waals surface area contributed by atoms with Gasteiger partial charge in [-0.25, -0.2) is 0 Å². The van der Waals surface area contributed by atoms with Crippen molar-refractivity contribution in [2.45, 2.75) is 135 Å². The van der Waals surface area contributed by atoms with E-state index >= 15 is 0 Å². The quantitative estimate of drug-likeness (QED) is 0.291. The molecule has 1 unspecified atom stereocenters. The Morgan fingerprint density at radius 2 is 1.39 bits per heavy atom. The van der Waals surface area contributed by atoms with E-state index in [0.29, 0.717) is 18.9 Å². The third kappa shape index (κ3) is 11.4. The first-order chi connectivity index (χ1) is 13.2. The van der Waals surface area contributed by atoms with Gasteiger partial charge in [0.1, 0.15) is 0 Å². The number of nitrogens with one attached hydrogen (secondary N) is 1. The van der Waals surface area contributed by atoms with Crippen molar-refractivity contribution in [2.24, 2.45) is 11.7 Å². The normalized spacial score (nSPS) is 20.1. The van der Waals surface area contributed by atoms with Crippen LogP contribution < -0.4 is 11.1 Å². The maximum Gasteiger partial charge on any atom is 0.307 e. The first-order valence-electron chi connectivity index (χ1n) is 11.9. The number of hydrogen-bond donors (Lipinski definition) is 2. The first-order valence-corrected chi connectivity index (χ1v) is 11.9. The van der Waals surface area contributed by atoms with Crippen molar-refractivity contribution in [3.63, 3.8) is 0 Å². The van der Waals surface area contributed by atoms with Gasteiger partial charge in [0.2, 0.25) is 0 Å². The molecule has 0 aromatic rings. The number of carbonyl (C=O) groups excluding carboxylic acids is 1. The van der Waals surface area contributed by atoms with Crippen molar-refractivity contribution in [2.75, 3.05) is 6.61 Å². The molecule has 3 N–H and O–H groups in total. The number of rotatable bonds is 14. The smallest absolute Gasteiger partial charge is 0.307 e. The highest BCUT2D eigenvalue weighted by molar-refractivity contribution is 5.70. The predicted octanol–water partition coefficient (Wildman–Crippen LogP) is 5.72. The lowest BCUT2D eigenvalue weighted by Gasteiger charge is -2.48. The van der Waals surface area contributed by atoms with E-state index < -0.39 is 0 Å². The number of piperidine rings is 1. The fourth-order valence-electron chi connectivity index (χ4n) is 4.90. The van der Waals surface area contributed by atoms with E-state index in [2.05, 4.69) is 39.9 Å². The molecule has 166 valence electrons. The highest BCUT2D eigenvalue weighted by Crippen LogP contribution is 2.34. The molecule has 1 heterocycles. The molecule has 4 heteroatoms. The lowest BCUT2D eigenvalue weighted by atomic mass is 9.72. The second-order valence-electron chi connectivity index (χ2n) is 10.3. The number of esters is 1. The van der Waals surface area contributed by atoms with Crippen LogP contribution in [0.25, 0.3) is 0 Å². The fraction of sp³-hybridized carbons (Fsp3) is 0.958. The van der Waals surface area contributed by atoms with Crippen LogP contribution in [0.1, 0.15) is 118 Å². The van der Waals surface area contributed by atoms with Crippen molar-refractivity contribution in [3.05, 3.63) is 0 Å². The SMILES string of the molecule is CCCCCCCCCCCCOC(=O)CC(N)C1CC(C)(C)NC(C)(C)C1. The average Bonchev–Trinajstić information content (AvgIpc) is 2.57. The van der Waals surface area contributed by atoms with Gasteiger partial charge in [-0.3, -0.25) is 4.79 Å². The maximum absolute atomic E-state index is 12.2. The molecule has 0 bridgehead atoms. The molecule has 0 saturated carbocycles. The van der Waals surface area contributed by atoms with Crippen LogP contribution in [0.3, 0.4) is 0 Å². The van der Waals surface area contributed by atoms with Crippen LogP contribution in [0.4, 0.5) is 0 Å². The van der Waals surface area contributed by atoms with Gasteiger partial charge < -0.3 is 15.8 Å². The molecule has 1 fully saturated rings. The van der Waals surface area contributed by atoms with E-state index in [1.807, 2.05) is 0 Å². The predicted molar refractivity (Wildman–Crippen MR) is 119 cm³/mol. The van der Waals surface area contributed by atoms with Crippen LogP contribution in [0.2, 0.25) is 0 Å². The Morgan fingerprint density at radius 3 is 1.89 bits per heavy atom. The van der Waals surface area contributed by atoms with Crippen LogP contribution in [0, 0.1) is 5.92 Å². The summed E-state index contributed by atoms with van der Waals surface area (Å²) in [5, 5.41) is 3.67. The average molecular weight is 397 g/mol. The van der Waals surface area contributed by atoms with Crippen molar-refractivity contribution in [1.29, 1.82) is 0 Å². The van der Waals surface area contributed by atoms with Crippen LogP contribution in [0.15, 0.2) is 0 Å². The summed E-state index contributed by atoms with van der Waals surface area (Å²) in [6, 6.07) is -0.110. The Bertz CT molecular complexity index is 418. The monoisotopic (exact) mass is 396 g/mol. The molecule has 1 rings (SSSR count). The Labute approximate surface area is 174 Å². The molecule has 0 aliphatic carbocycles. The third-order valence-corrected chi connectivity index (χ3v) is 5.99. The summed E-state index contributed by atoms with van der Waals surface area (Å²) < 4.78 is 5.44. The number of ether oxygens (including phenoxy) is 1. The molecule has 0 spiro atoms. The number of nitrogens with two attached hydrogens (primary N) is 1. The van der Waals surface area contributed by atoms with Crippen molar-refractivity contribution >= 4 is 5.97 Å². The van der Waals surface area contributed by atoms with Crippen LogP contribution in [-0.4, -0.2) is 29.7 Å². The van der Waals surface area contributed by atoms with Gasteiger partial charge in [-0.05, 0) is 52.9 Å². The molecule has 0 radical (unpaired) electrons. The zero-order chi connectivity index (χ0) is 21.0. The maximum atomic E-state index is 12.2. The molecule has 0 aromatic carbocycles. The van der Waals surface area contributed by atoms with E-state index in [0.717, 1.165) is 25.7 Å². The summed E-state index contributed by atoms with van der Waals surface area (Å²) in [7, 11) is 0. The van der Waals surface area contributed by atoms with Gasteiger partial charge in [-0.2, -0.15) is 0 Å². The van der Waals surface area contributed by atoms with Gasteiger partial charge >= 0.3 is 5.97 Å². The van der Waals surface area contributed by atoms with Crippen molar-refractivity contribution in [3.8, 4) is 0 Å². The van der Waals surface area contributed by atoms with E-state index in [1.165, 1.54) is 51.4 Å². The standard InChI is InChI=1S/C24H48N2O2/c1-6-7-8-9-10-11-12-13-14-15-16-28-22(27)17-21(25)20-18-23(2,3)26-24(4,5)19-20/h20-21,26H,6-19,25H2,1-5H3. The summed E-state index contributed by atoms with van der Waals surface area (Å²) >= 11 is 0. The Kier molecular flexibility index (Phi) is 11.7. The fourth-order valence-corrected chi connectivity index (χ4v) is 4.90. The minimum atomic E-state index is -0.127. The van der Waals surface area contributed by atoms with E-state index in [9.17, 15) is 4.79 Å². The Morgan fingerprint density at radius 1 is 0.929 bits per heavy atom. The lowest BCUT2D eigenvalue weighted by molar-refractivity contribution is -0.144. The molecule has 28 heavy (non-hydrogen) atoms. The van der Waals surface area contributed by atoms with Crippen molar-refractivity contribution < 1.29 is 9.53 Å². The van der Waals surface area contributed by atoms with E-state index in [4.69, 9.17) is 10.5 Å². The molecular formula is C24H48N2O2. The molecular weight excluding hydrogens is 348 g/mol. The molecule has 0 amide bonds. The number of unbranched alkanes of at least 4 members (excludes halogenated alkanes) is 9. The van der Waals surface area contributed by atoms with Gasteiger partial charge in [0.05, 0.1) is 13.0 Å². The Hall–Kier alpha value is -0.610. The minimum absolute atomic E-state index is 0.0595. The molecule has 1 atom stereocenters. The molecule has 1 aliphatic rings. The highest BCUT2D eigenvalue weighted by atomic mass is 16.5. The molecule has 0 aromatic heterocycles. The summed E-state index contributed by atoms with van der Waals surface area (Å²) in [5.74, 6) is 0.230. The van der Waals surface area contributed by atoms with Crippen LogP contribution in [0.5, 0.6) is 0 Å². The summed E-state index contributed by atoms with van der Waals surface area (Å²) in [4.78, 5) is 12.2. The van der Waals surface area contributed by atoms with Crippen LogP contribution >= 0.6 is 0 Å². The zero-order valence-corrected chi connectivity index (χ0v) is 19.4. The van der Waals surface area contributed by atoms with Gasteiger partial charge in [-0.15, -0.1) is 0 Å². The van der Waals surface area contributed by atoms with Gasteiger partial charge in [-0.1, -0.05) is 64.7 Å². The minimum Gasteiger partial charge on any atom is -0.466 e. The second kappa shape index (κ2) is 12.8. The van der Waals surface area contributed by atoms with E-state index in [1.54, 1.807) is 0 Å². The van der Waals surface area contributed by atoms with Crippen molar-refractivity contribution in [1.82, 2.24) is 5.32 Å². The summed E-state index contributed by atoms with van der Waals surface area (Å²) in [6.07, 6.45) is 15.2. The number of hydrogen-bond acceptors (Lipinski definition) is 4. The Balaban J connectivity index is 2.08. The molecule has 1 saturated heterocycles. The number of carbonyl (C=O) groups is 1. The first kappa shape index (κ1) is 25.4. The lowest BCUT2D eigenvalue weighted by Crippen LogP contribution is -2.60. The summed E-state index contributed by atoms with van der Waals surface area (Å²) in [5.41, 5.74) is 6.51. The molecule has 1 aliphatic heterocycles. The topological polar surface area (TPSA) is 64.3 Å². The van der Waals surface area contributed by atoms with Crippen LogP contribution in [-0.2, 0) is 9.53 Å². The largest absolute Gasteiger partial charge is 0.466 e. The van der Waals surface area contributed by atoms with E-state index in [-0.39, 0.29) is 23.1 Å². The van der Waals surface area contributed by atoms with Gasteiger partial charge in [0.15, 0.2) is 0 Å². The summed E-state index contributed by atoms with van der Waals surface area (Å²) in [6.45, 7) is 11.7. The second-order valence-corrected chi connectivity index (χ2v) is 10.3.